The van der Waals surface area contributed by atoms with Crippen molar-refractivity contribution in [2.45, 2.75) is 24.3 Å². The predicted molar refractivity (Wildman–Crippen MR) is 128 cm³/mol. The summed E-state index contributed by atoms with van der Waals surface area (Å²) in [6.45, 7) is 2.82. The lowest BCUT2D eigenvalue weighted by Crippen LogP contribution is -2.27. The lowest BCUT2D eigenvalue weighted by molar-refractivity contribution is 0.0939. The molecule has 0 bridgehead atoms. The lowest BCUT2D eigenvalue weighted by Gasteiger charge is -2.17. The minimum Gasteiger partial charge on any atom is -0.496 e. The molecule has 0 aliphatic carbocycles. The van der Waals surface area contributed by atoms with E-state index < -0.39 is 10.0 Å². The quantitative estimate of drug-likeness (QED) is 0.525. The Morgan fingerprint density at radius 1 is 0.971 bits per heavy atom. The van der Waals surface area contributed by atoms with Crippen LogP contribution < -0.4 is 24.2 Å². The summed E-state index contributed by atoms with van der Waals surface area (Å²) in [5, 5.41) is 2.92. The molecule has 0 spiro atoms. The fraction of sp³-hybridized carbons (Fsp3) is 0.240. The monoisotopic (exact) mass is 482 g/mol. The number of rotatable bonds is 7. The van der Waals surface area contributed by atoms with Gasteiger partial charge in [-0.3, -0.25) is 9.52 Å². The number of amides is 1. The van der Waals surface area contributed by atoms with Gasteiger partial charge in [0, 0.05) is 29.3 Å². The molecular weight excluding hydrogens is 456 g/mol. The summed E-state index contributed by atoms with van der Waals surface area (Å²) in [6, 6.07) is 17.9. The number of ether oxygens (including phenoxy) is 3. The van der Waals surface area contributed by atoms with Gasteiger partial charge in [-0.15, -0.1) is 0 Å². The van der Waals surface area contributed by atoms with Crippen molar-refractivity contribution in [3.63, 3.8) is 0 Å². The third-order valence-electron chi connectivity index (χ3n) is 5.36. The molecule has 1 atom stereocenters. The standard InChI is InChI=1S/C25H26N2O6S/c1-17(21-9-3-4-10-22(21)31-2)26-25(28)18-7-5-8-19(15-18)27-34(29,30)20-11-12-23-24(16-20)33-14-6-13-32-23/h3-5,7-12,15-17,27H,6,13-14H2,1-2H3,(H,26,28). The first-order valence-corrected chi connectivity index (χ1v) is 12.3. The van der Waals surface area contributed by atoms with Crippen molar-refractivity contribution in [1.29, 1.82) is 0 Å². The van der Waals surface area contributed by atoms with Crippen LogP contribution in [0.25, 0.3) is 0 Å². The van der Waals surface area contributed by atoms with Crippen LogP contribution >= 0.6 is 0 Å². The number of sulfonamides is 1. The number of methoxy groups -OCH3 is 1. The smallest absolute Gasteiger partial charge is 0.262 e. The Balaban J connectivity index is 1.50. The van der Waals surface area contributed by atoms with E-state index in [1.54, 1.807) is 31.4 Å². The number of hydrogen-bond acceptors (Lipinski definition) is 6. The topological polar surface area (TPSA) is 103 Å². The Kier molecular flexibility index (Phi) is 6.93. The van der Waals surface area contributed by atoms with Gasteiger partial charge in [0.1, 0.15) is 5.75 Å². The molecule has 1 unspecified atom stereocenters. The molecule has 34 heavy (non-hydrogen) atoms. The first-order valence-electron chi connectivity index (χ1n) is 10.8. The number of carbonyl (C=O) groups is 1. The van der Waals surface area contributed by atoms with Gasteiger partial charge in [-0.1, -0.05) is 24.3 Å². The third kappa shape index (κ3) is 5.26. The fourth-order valence-corrected chi connectivity index (χ4v) is 4.70. The first kappa shape index (κ1) is 23.4. The number of fused-ring (bicyclic) bond motifs is 1. The van der Waals surface area contributed by atoms with E-state index in [0.717, 1.165) is 12.0 Å². The molecule has 3 aromatic carbocycles. The molecule has 4 rings (SSSR count). The van der Waals surface area contributed by atoms with Gasteiger partial charge in [-0.05, 0) is 43.3 Å². The third-order valence-corrected chi connectivity index (χ3v) is 6.74. The van der Waals surface area contributed by atoms with Crippen molar-refractivity contribution in [2.75, 3.05) is 25.0 Å². The maximum Gasteiger partial charge on any atom is 0.262 e. The summed E-state index contributed by atoms with van der Waals surface area (Å²) in [5.41, 5.74) is 1.43. The van der Waals surface area contributed by atoms with Gasteiger partial charge in [0.25, 0.3) is 15.9 Å². The van der Waals surface area contributed by atoms with E-state index >= 15 is 0 Å². The highest BCUT2D eigenvalue weighted by atomic mass is 32.2. The van der Waals surface area contributed by atoms with E-state index in [9.17, 15) is 13.2 Å². The largest absolute Gasteiger partial charge is 0.496 e. The van der Waals surface area contributed by atoms with Crippen molar-refractivity contribution in [1.82, 2.24) is 5.32 Å². The first-order chi connectivity index (χ1) is 16.4. The molecule has 1 aliphatic rings. The predicted octanol–water partition coefficient (Wildman–Crippen LogP) is 4.15. The average Bonchev–Trinajstić information content (AvgIpc) is 3.09. The van der Waals surface area contributed by atoms with Crippen LogP contribution in [0.1, 0.15) is 35.3 Å². The van der Waals surface area contributed by atoms with Crippen LogP contribution in [-0.4, -0.2) is 34.6 Å². The SMILES string of the molecule is COc1ccccc1C(C)NC(=O)c1cccc(NS(=O)(=O)c2ccc3c(c2)OCCCO3)c1. The maximum atomic E-state index is 13.0. The van der Waals surface area contributed by atoms with E-state index in [4.69, 9.17) is 14.2 Å². The van der Waals surface area contributed by atoms with Gasteiger partial charge >= 0.3 is 0 Å². The molecule has 1 aliphatic heterocycles. The van der Waals surface area contributed by atoms with Crippen LogP contribution in [-0.2, 0) is 10.0 Å². The maximum absolute atomic E-state index is 13.0. The zero-order valence-electron chi connectivity index (χ0n) is 18.9. The Labute approximate surface area is 198 Å². The normalized spacial score (nSPS) is 13.9. The molecule has 1 amide bonds. The molecule has 3 aromatic rings. The van der Waals surface area contributed by atoms with Crippen LogP contribution in [0.5, 0.6) is 17.2 Å². The molecule has 9 heteroatoms. The summed E-state index contributed by atoms with van der Waals surface area (Å²) in [7, 11) is -2.33. The average molecular weight is 483 g/mol. The molecule has 0 radical (unpaired) electrons. The summed E-state index contributed by atoms with van der Waals surface area (Å²) in [4.78, 5) is 12.9. The molecule has 0 fully saturated rings. The Bertz CT molecular complexity index is 1290. The van der Waals surface area contributed by atoms with Crippen LogP contribution in [0.2, 0.25) is 0 Å². The van der Waals surface area contributed by atoms with E-state index in [-0.39, 0.29) is 22.5 Å². The fourth-order valence-electron chi connectivity index (χ4n) is 3.63. The summed E-state index contributed by atoms with van der Waals surface area (Å²) in [6.07, 6.45) is 0.722. The molecular formula is C25H26N2O6S. The van der Waals surface area contributed by atoms with Gasteiger partial charge < -0.3 is 19.5 Å². The van der Waals surface area contributed by atoms with Gasteiger partial charge in [0.05, 0.1) is 31.3 Å². The highest BCUT2D eigenvalue weighted by molar-refractivity contribution is 7.92. The molecule has 2 N–H and O–H groups in total. The van der Waals surface area contributed by atoms with E-state index in [0.29, 0.717) is 36.0 Å². The zero-order valence-corrected chi connectivity index (χ0v) is 19.7. The highest BCUT2D eigenvalue weighted by Crippen LogP contribution is 2.32. The van der Waals surface area contributed by atoms with Crippen LogP contribution in [0.15, 0.2) is 71.6 Å². The van der Waals surface area contributed by atoms with E-state index in [2.05, 4.69) is 10.0 Å². The van der Waals surface area contributed by atoms with Crippen LogP contribution in [0.4, 0.5) is 5.69 Å². The molecule has 178 valence electrons. The number of hydrogen-bond donors (Lipinski definition) is 2. The second-order valence-electron chi connectivity index (χ2n) is 7.78. The van der Waals surface area contributed by atoms with Crippen molar-refractivity contribution in [3.05, 3.63) is 77.9 Å². The number of para-hydroxylation sites is 1. The highest BCUT2D eigenvalue weighted by Gasteiger charge is 2.20. The minimum atomic E-state index is -3.91. The van der Waals surface area contributed by atoms with Gasteiger partial charge in [0.15, 0.2) is 11.5 Å². The molecule has 1 heterocycles. The number of nitrogens with one attached hydrogen (secondary N) is 2. The molecule has 0 saturated carbocycles. The number of carbonyl (C=O) groups excluding carboxylic acids is 1. The second kappa shape index (κ2) is 10.0. The Hall–Kier alpha value is -3.72. The minimum absolute atomic E-state index is 0.0383. The Morgan fingerprint density at radius 3 is 2.53 bits per heavy atom. The van der Waals surface area contributed by atoms with Crippen molar-refractivity contribution in [3.8, 4) is 17.2 Å². The van der Waals surface area contributed by atoms with Gasteiger partial charge in [-0.2, -0.15) is 0 Å². The Morgan fingerprint density at radius 2 is 1.74 bits per heavy atom. The summed E-state index contributed by atoms with van der Waals surface area (Å²) < 4.78 is 45.0. The molecule has 0 aromatic heterocycles. The summed E-state index contributed by atoms with van der Waals surface area (Å²) >= 11 is 0. The molecule has 8 nitrogen and oxygen atoms in total. The molecule has 0 saturated heterocycles. The second-order valence-corrected chi connectivity index (χ2v) is 9.46. The van der Waals surface area contributed by atoms with Crippen LogP contribution in [0, 0.1) is 0 Å². The van der Waals surface area contributed by atoms with Crippen molar-refractivity contribution >= 4 is 21.6 Å². The van der Waals surface area contributed by atoms with E-state index in [1.807, 2.05) is 31.2 Å². The van der Waals surface area contributed by atoms with Gasteiger partial charge in [0.2, 0.25) is 0 Å². The van der Waals surface area contributed by atoms with Crippen LogP contribution in [0.3, 0.4) is 0 Å². The summed E-state index contributed by atoms with van der Waals surface area (Å²) in [5.74, 6) is 1.24. The van der Waals surface area contributed by atoms with Gasteiger partial charge in [-0.25, -0.2) is 8.42 Å². The van der Waals surface area contributed by atoms with E-state index in [1.165, 1.54) is 18.2 Å². The lowest BCUT2D eigenvalue weighted by atomic mass is 10.1. The number of anilines is 1. The van der Waals surface area contributed by atoms with Crippen molar-refractivity contribution < 1.29 is 27.4 Å². The number of benzene rings is 3. The zero-order chi connectivity index (χ0) is 24.1. The van der Waals surface area contributed by atoms with Crippen molar-refractivity contribution in [2.24, 2.45) is 0 Å².